The van der Waals surface area contributed by atoms with Gasteiger partial charge in [0.1, 0.15) is 31.5 Å². The third-order valence-corrected chi connectivity index (χ3v) is 19.8. The highest BCUT2D eigenvalue weighted by Gasteiger charge is 2.71. The highest BCUT2D eigenvalue weighted by atomic mass is 31.3. The molecule has 72 heavy (non-hydrogen) atoms. The van der Waals surface area contributed by atoms with Crippen LogP contribution in [0.3, 0.4) is 0 Å². The Kier molecular flexibility index (Phi) is 17.4. The zero-order chi connectivity index (χ0) is 52.6. The van der Waals surface area contributed by atoms with Crippen molar-refractivity contribution in [1.82, 2.24) is 20.2 Å². The Bertz CT molecular complexity index is 2530. The Morgan fingerprint density at radius 3 is 2.36 bits per heavy atom. The van der Waals surface area contributed by atoms with Crippen LogP contribution < -0.4 is 21.9 Å². The van der Waals surface area contributed by atoms with Crippen molar-refractivity contribution in [3.63, 3.8) is 0 Å². The number of cyclic esters (lactones) is 1. The molecule has 1 aromatic rings. The van der Waals surface area contributed by atoms with Gasteiger partial charge in [0.15, 0.2) is 6.23 Å². The number of phosphoric acid groups is 3. The van der Waals surface area contributed by atoms with E-state index < -0.39 is 83.0 Å². The van der Waals surface area contributed by atoms with Gasteiger partial charge in [-0.25, -0.2) is 23.3 Å². The van der Waals surface area contributed by atoms with Crippen molar-refractivity contribution in [3.05, 3.63) is 50.3 Å². The molecule has 4 saturated carbocycles. The Morgan fingerprint density at radius 1 is 0.903 bits per heavy atom. The van der Waals surface area contributed by atoms with E-state index in [2.05, 4.69) is 30.7 Å². The van der Waals surface area contributed by atoms with Crippen LogP contribution in [0.4, 0.5) is 0 Å². The second-order valence-corrected chi connectivity index (χ2v) is 24.5. The van der Waals surface area contributed by atoms with E-state index in [0.29, 0.717) is 55.6 Å². The van der Waals surface area contributed by atoms with Gasteiger partial charge in [0, 0.05) is 37.2 Å². The summed E-state index contributed by atoms with van der Waals surface area (Å²) in [5.41, 5.74) is -3.14. The lowest BCUT2D eigenvalue weighted by Gasteiger charge is -2.65. The summed E-state index contributed by atoms with van der Waals surface area (Å²) in [4.78, 5) is 101. The molecule has 2 aliphatic heterocycles. The number of esters is 1. The van der Waals surface area contributed by atoms with Crippen molar-refractivity contribution in [3.8, 4) is 0 Å². The van der Waals surface area contributed by atoms with Gasteiger partial charge in [-0.3, -0.25) is 28.5 Å². The first kappa shape index (κ1) is 56.5. The van der Waals surface area contributed by atoms with Gasteiger partial charge in [-0.2, -0.15) is 8.62 Å². The van der Waals surface area contributed by atoms with E-state index in [1.54, 1.807) is 0 Å². The number of aromatic nitrogens is 2. The zero-order valence-corrected chi connectivity index (χ0v) is 42.4. The van der Waals surface area contributed by atoms with Crippen LogP contribution in [-0.2, 0) is 55.4 Å². The van der Waals surface area contributed by atoms with E-state index in [1.807, 2.05) is 11.9 Å². The number of H-pyrrole nitrogens is 1. The summed E-state index contributed by atoms with van der Waals surface area (Å²) < 4.78 is 63.6. The molecule has 0 radical (unpaired) electrons. The van der Waals surface area contributed by atoms with Crippen LogP contribution in [0.1, 0.15) is 103 Å². The van der Waals surface area contributed by atoms with Gasteiger partial charge in [-0.1, -0.05) is 32.4 Å². The number of ether oxygens (including phenoxy) is 3. The first-order valence-electron chi connectivity index (χ1n) is 23.9. The fourth-order valence-electron chi connectivity index (χ4n) is 12.4. The minimum absolute atomic E-state index is 0.0220. The molecule has 7 rings (SSSR count). The van der Waals surface area contributed by atoms with Crippen LogP contribution >= 0.6 is 23.5 Å². The molecule has 4 aliphatic carbocycles. The first-order valence-corrected chi connectivity index (χ1v) is 28.4. The summed E-state index contributed by atoms with van der Waals surface area (Å²) in [6, 6.07) is 0. The number of hydrogen-bond acceptors (Lipinski definition) is 18. The number of hydrogen-bond donors (Lipinski definition) is 11. The predicted molar refractivity (Wildman–Crippen MR) is 247 cm³/mol. The van der Waals surface area contributed by atoms with Crippen molar-refractivity contribution < 1.29 is 95.4 Å². The fourth-order valence-corrected chi connectivity index (χ4v) is 15.4. The second kappa shape index (κ2) is 22.1. The molecule has 2 amide bonds. The molecule has 0 bridgehead atoms. The van der Waals surface area contributed by atoms with Crippen LogP contribution in [0, 0.1) is 34.5 Å². The summed E-state index contributed by atoms with van der Waals surface area (Å²) >= 11 is 0. The largest absolute Gasteiger partial charge is 0.490 e. The summed E-state index contributed by atoms with van der Waals surface area (Å²) in [5, 5.41) is 50.8. The van der Waals surface area contributed by atoms with Crippen molar-refractivity contribution in [2.75, 3.05) is 32.9 Å². The van der Waals surface area contributed by atoms with E-state index >= 15 is 0 Å². The van der Waals surface area contributed by atoms with Crippen molar-refractivity contribution >= 4 is 47.3 Å². The number of aromatic amines is 1. The molecule has 11 N–H and O–H groups in total. The van der Waals surface area contributed by atoms with E-state index in [0.717, 1.165) is 43.9 Å². The number of nitrogens with one attached hydrogen (secondary N) is 3. The van der Waals surface area contributed by atoms with Gasteiger partial charge >= 0.3 is 35.1 Å². The quantitative estimate of drug-likeness (QED) is 0.0463. The standard InChI is InChI=1S/C43H65N4O22P3/c1-41-13-11-27(18-26(41)9-10-29-30(41)19-32(48)42(2)28(12-14-43(29,42)56)25-17-35(51)65-21-25)64-23-34(50)45-15-5-3-4-8-33(49)44-16-6-7-24-20-47(40(55)46-38(24)54)39-37(53)36(52)31(67-39)22-66-71(60,61)69-72(62,63)68-70(57,58)59/h6-7,17,20,26-32,36-37,39,48,52-53,56H,3-5,8-16,18-19,21-23H2,1-2H3,(H,44,49)(H,45,50)(H,60,61)(H,62,63)(H,46,54,55)(H2,57,58,59)/t26-,27+,28-,29-,30+,31-,32-,36-,37-,39-,41+,42+,43+/m1/s1. The molecule has 5 fully saturated rings. The van der Waals surface area contributed by atoms with Gasteiger partial charge in [0.2, 0.25) is 11.8 Å². The number of aliphatic hydroxyl groups excluding tert-OH is 3. The topological polar surface area (TPSA) is 399 Å². The summed E-state index contributed by atoms with van der Waals surface area (Å²) in [5.74, 6) is -0.495. The Hall–Kier alpha value is -3.26. The molecule has 1 saturated heterocycles. The van der Waals surface area contributed by atoms with E-state index in [1.165, 1.54) is 18.2 Å². The number of unbranched alkanes of at least 4 members (excludes halogenated alkanes) is 2. The molecule has 15 atom stereocenters. The molecule has 404 valence electrons. The monoisotopic (exact) mass is 1080 g/mol. The number of rotatable bonds is 21. The highest BCUT2D eigenvalue weighted by molar-refractivity contribution is 7.66. The van der Waals surface area contributed by atoms with E-state index in [4.69, 9.17) is 24.0 Å². The van der Waals surface area contributed by atoms with Crippen molar-refractivity contribution in [1.29, 1.82) is 0 Å². The van der Waals surface area contributed by atoms with Gasteiger partial charge in [-0.05, 0) is 98.9 Å². The number of carbonyl (C=O) groups excluding carboxylic acids is 3. The molecule has 6 aliphatic rings. The summed E-state index contributed by atoms with van der Waals surface area (Å²) in [6.45, 7) is 3.69. The molecule has 2 unspecified atom stereocenters. The summed E-state index contributed by atoms with van der Waals surface area (Å²) in [6.07, 6.45) is 5.20. The minimum Gasteiger partial charge on any atom is -0.458 e. The predicted octanol–water partition coefficient (Wildman–Crippen LogP) is 0.918. The lowest BCUT2D eigenvalue weighted by atomic mass is 9.42. The van der Waals surface area contributed by atoms with E-state index in [9.17, 15) is 67.9 Å². The van der Waals surface area contributed by atoms with Crippen LogP contribution in [0.2, 0.25) is 0 Å². The van der Waals surface area contributed by atoms with Crippen molar-refractivity contribution in [2.45, 2.75) is 133 Å². The number of carbonyl (C=O) groups is 3. The maximum absolute atomic E-state index is 12.7. The third-order valence-electron chi connectivity index (χ3n) is 16.0. The van der Waals surface area contributed by atoms with E-state index in [-0.39, 0.29) is 78.8 Å². The smallest absolute Gasteiger partial charge is 0.458 e. The molecule has 0 aromatic carbocycles. The second-order valence-electron chi connectivity index (χ2n) is 20.1. The van der Waals surface area contributed by atoms with Crippen molar-refractivity contribution in [2.24, 2.45) is 34.5 Å². The van der Waals surface area contributed by atoms with Gasteiger partial charge in [0.25, 0.3) is 5.56 Å². The number of fused-ring (bicyclic) bond motifs is 5. The summed E-state index contributed by atoms with van der Waals surface area (Å²) in [7, 11) is -17.1. The molecule has 1 aromatic heterocycles. The number of amides is 2. The van der Waals surface area contributed by atoms with Crippen LogP contribution in [0.15, 0.2) is 33.5 Å². The van der Waals surface area contributed by atoms with Gasteiger partial charge < -0.3 is 64.8 Å². The third kappa shape index (κ3) is 12.4. The molecule has 3 heterocycles. The van der Waals surface area contributed by atoms with Crippen LogP contribution in [0.5, 0.6) is 0 Å². The Balaban J connectivity index is 0.776. The highest BCUT2D eigenvalue weighted by Crippen LogP contribution is 2.70. The molecular formula is C43H65N4O22P3. The lowest BCUT2D eigenvalue weighted by Crippen LogP contribution is -2.67. The number of phosphoric ester groups is 1. The van der Waals surface area contributed by atoms with Crippen LogP contribution in [0.25, 0.3) is 6.08 Å². The average Bonchev–Trinajstić information content (AvgIpc) is 3.93. The van der Waals surface area contributed by atoms with Crippen LogP contribution in [-0.4, -0.2) is 136 Å². The molecule has 26 nitrogen and oxygen atoms in total. The van der Waals surface area contributed by atoms with Gasteiger partial charge in [-0.15, -0.1) is 0 Å². The fraction of sp³-hybridized carbons (Fsp3) is 0.744. The zero-order valence-electron chi connectivity index (χ0n) is 39.7. The number of nitrogens with zero attached hydrogens (tertiary/aromatic N) is 1. The molecule has 0 spiro atoms. The maximum Gasteiger partial charge on any atom is 0.490 e. The lowest BCUT2D eigenvalue weighted by molar-refractivity contribution is -0.245. The Labute approximate surface area is 412 Å². The minimum atomic E-state index is -5.84. The normalized spacial score (nSPS) is 36.1. The van der Waals surface area contributed by atoms with Gasteiger partial charge in [0.05, 0.1) is 30.0 Å². The number of aliphatic hydroxyl groups is 4. The first-order chi connectivity index (χ1) is 33.7. The SMILES string of the molecule is C[C@]12CC[C@H](OCC(=O)NCCCCCC(=O)NCC=Cc3cn([C@@H]4O[C@H](COP(=O)(O)OP(=O)(O)OP(=O)(O)O)[C@@H](O)[C@H]4O)c(=O)[nH]c3=O)C[C@H]1CC[C@@H]1[C@@H]2C[C@@H](O)[C@]2(C)[C@@H](C3=CC(=O)OC3)CC[C@]12O. The average molecular weight is 1080 g/mol. The molecule has 29 heteroatoms. The molecular weight excluding hydrogens is 1020 g/mol. The maximum atomic E-state index is 12.7. The Morgan fingerprint density at radius 2 is 1.65 bits per heavy atom.